The molecular weight excluding hydrogens is 216 g/mol. The van der Waals surface area contributed by atoms with E-state index in [-0.39, 0.29) is 11.4 Å². The third kappa shape index (κ3) is 5.06. The van der Waals surface area contributed by atoms with Gasteiger partial charge in [-0.05, 0) is 39.5 Å². The van der Waals surface area contributed by atoms with Gasteiger partial charge in [-0.15, -0.1) is 0 Å². The standard InChI is InChI=1S/C12H24N4O/c1-12(2,3)15-11(14)16-6-4-9(5-7-16)8-10(13)17/h9H,4-8H2,1-3H3,(H2,13,17)(H2,14,15). The molecule has 0 saturated carbocycles. The van der Waals surface area contributed by atoms with Crippen LogP contribution < -0.4 is 11.5 Å². The van der Waals surface area contributed by atoms with Gasteiger partial charge >= 0.3 is 0 Å². The van der Waals surface area contributed by atoms with E-state index in [0.29, 0.717) is 18.3 Å². The first-order valence-corrected chi connectivity index (χ1v) is 6.16. The van der Waals surface area contributed by atoms with Gasteiger partial charge in [-0.1, -0.05) is 0 Å². The number of primary amides is 1. The molecule has 1 amide bonds. The van der Waals surface area contributed by atoms with Gasteiger partial charge in [-0.3, -0.25) is 4.79 Å². The molecular formula is C12H24N4O. The molecule has 1 rings (SSSR count). The highest BCUT2D eigenvalue weighted by molar-refractivity contribution is 5.78. The average molecular weight is 240 g/mol. The third-order valence-corrected chi connectivity index (χ3v) is 2.88. The van der Waals surface area contributed by atoms with Crippen molar-refractivity contribution in [1.82, 2.24) is 4.90 Å². The lowest BCUT2D eigenvalue weighted by Gasteiger charge is -2.33. The topological polar surface area (TPSA) is 84.7 Å². The minimum absolute atomic E-state index is 0.145. The van der Waals surface area contributed by atoms with E-state index in [9.17, 15) is 4.79 Å². The van der Waals surface area contributed by atoms with E-state index >= 15 is 0 Å². The van der Waals surface area contributed by atoms with Gasteiger partial charge in [0.15, 0.2) is 5.96 Å². The first-order chi connectivity index (χ1) is 7.78. The number of likely N-dealkylation sites (tertiary alicyclic amines) is 1. The van der Waals surface area contributed by atoms with Gasteiger partial charge in [0.05, 0.1) is 5.54 Å². The average Bonchev–Trinajstić information content (AvgIpc) is 2.15. The van der Waals surface area contributed by atoms with Crippen molar-refractivity contribution >= 4 is 11.9 Å². The molecule has 4 N–H and O–H groups in total. The van der Waals surface area contributed by atoms with Gasteiger partial charge in [0.1, 0.15) is 0 Å². The minimum atomic E-state index is -0.209. The Labute approximate surface area is 103 Å². The maximum atomic E-state index is 10.8. The van der Waals surface area contributed by atoms with Crippen molar-refractivity contribution in [2.24, 2.45) is 22.4 Å². The molecule has 1 heterocycles. The van der Waals surface area contributed by atoms with Crippen molar-refractivity contribution in [3.63, 3.8) is 0 Å². The van der Waals surface area contributed by atoms with Crippen LogP contribution in [0, 0.1) is 5.92 Å². The summed E-state index contributed by atoms with van der Waals surface area (Å²) in [6.07, 6.45) is 2.41. The maximum absolute atomic E-state index is 10.8. The van der Waals surface area contributed by atoms with Crippen LogP contribution in [0.4, 0.5) is 0 Å². The van der Waals surface area contributed by atoms with Crippen molar-refractivity contribution in [2.75, 3.05) is 13.1 Å². The molecule has 0 radical (unpaired) electrons. The predicted molar refractivity (Wildman–Crippen MR) is 69.5 cm³/mol. The highest BCUT2D eigenvalue weighted by Crippen LogP contribution is 2.20. The molecule has 1 fully saturated rings. The lowest BCUT2D eigenvalue weighted by molar-refractivity contribution is -0.119. The summed E-state index contributed by atoms with van der Waals surface area (Å²) >= 11 is 0. The summed E-state index contributed by atoms with van der Waals surface area (Å²) in [5, 5.41) is 0. The Morgan fingerprint density at radius 1 is 1.29 bits per heavy atom. The molecule has 0 aromatic heterocycles. The fraction of sp³-hybridized carbons (Fsp3) is 0.833. The van der Waals surface area contributed by atoms with E-state index in [0.717, 1.165) is 25.9 Å². The third-order valence-electron chi connectivity index (χ3n) is 2.88. The molecule has 0 spiro atoms. The molecule has 1 aliphatic rings. The highest BCUT2D eigenvalue weighted by Gasteiger charge is 2.22. The first-order valence-electron chi connectivity index (χ1n) is 6.16. The van der Waals surface area contributed by atoms with E-state index in [1.165, 1.54) is 0 Å². The molecule has 1 saturated heterocycles. The zero-order valence-electron chi connectivity index (χ0n) is 11.1. The van der Waals surface area contributed by atoms with E-state index in [1.807, 2.05) is 20.8 Å². The number of piperidine rings is 1. The summed E-state index contributed by atoms with van der Waals surface area (Å²) in [5.74, 6) is 0.806. The number of amides is 1. The fourth-order valence-electron chi connectivity index (χ4n) is 2.07. The van der Waals surface area contributed by atoms with Crippen molar-refractivity contribution in [2.45, 2.75) is 45.6 Å². The van der Waals surface area contributed by atoms with Gasteiger partial charge < -0.3 is 16.4 Å². The second-order valence-corrected chi connectivity index (χ2v) is 5.74. The number of rotatable bonds is 2. The van der Waals surface area contributed by atoms with Crippen LogP contribution in [0.5, 0.6) is 0 Å². The summed E-state index contributed by atoms with van der Waals surface area (Å²) in [4.78, 5) is 17.4. The van der Waals surface area contributed by atoms with Gasteiger partial charge in [0.2, 0.25) is 5.91 Å². The second kappa shape index (κ2) is 5.38. The van der Waals surface area contributed by atoms with Crippen LogP contribution in [0.3, 0.4) is 0 Å². The summed E-state index contributed by atoms with van der Waals surface area (Å²) in [6.45, 7) is 7.81. The zero-order valence-corrected chi connectivity index (χ0v) is 11.1. The molecule has 0 aromatic carbocycles. The van der Waals surface area contributed by atoms with Gasteiger partial charge in [-0.2, -0.15) is 0 Å². The summed E-state index contributed by atoms with van der Waals surface area (Å²) < 4.78 is 0. The predicted octanol–water partition coefficient (Wildman–Crippen LogP) is 0.687. The number of nitrogens with zero attached hydrogens (tertiary/aromatic N) is 2. The monoisotopic (exact) mass is 240 g/mol. The van der Waals surface area contributed by atoms with E-state index in [2.05, 4.69) is 9.89 Å². The smallest absolute Gasteiger partial charge is 0.217 e. The molecule has 17 heavy (non-hydrogen) atoms. The second-order valence-electron chi connectivity index (χ2n) is 5.74. The molecule has 0 aromatic rings. The van der Waals surface area contributed by atoms with Crippen molar-refractivity contribution in [3.8, 4) is 0 Å². The summed E-state index contributed by atoms with van der Waals surface area (Å²) in [6, 6.07) is 0. The molecule has 0 unspecified atom stereocenters. The van der Waals surface area contributed by atoms with E-state index < -0.39 is 0 Å². The Morgan fingerprint density at radius 3 is 2.24 bits per heavy atom. The van der Waals surface area contributed by atoms with Crippen LogP contribution in [-0.2, 0) is 4.79 Å². The molecule has 0 aliphatic carbocycles. The molecule has 98 valence electrons. The Bertz CT molecular complexity index is 298. The SMILES string of the molecule is CC(C)(C)N=C(N)N1CCC(CC(N)=O)CC1. The zero-order chi connectivity index (χ0) is 13.1. The number of carbonyl (C=O) groups is 1. The molecule has 0 bridgehead atoms. The van der Waals surface area contributed by atoms with Crippen LogP contribution in [0.2, 0.25) is 0 Å². The fourth-order valence-corrected chi connectivity index (χ4v) is 2.07. The lowest BCUT2D eigenvalue weighted by Crippen LogP contribution is -2.44. The Kier molecular flexibility index (Phi) is 4.37. The van der Waals surface area contributed by atoms with Crippen molar-refractivity contribution < 1.29 is 4.79 Å². The largest absolute Gasteiger partial charge is 0.370 e. The number of nitrogens with two attached hydrogens (primary N) is 2. The normalized spacial score (nSPS) is 19.5. The number of aliphatic imine (C=N–C) groups is 1. The van der Waals surface area contributed by atoms with E-state index in [4.69, 9.17) is 11.5 Å². The highest BCUT2D eigenvalue weighted by atomic mass is 16.1. The minimum Gasteiger partial charge on any atom is -0.370 e. The van der Waals surface area contributed by atoms with Gasteiger partial charge in [0.25, 0.3) is 0 Å². The first kappa shape index (κ1) is 13.8. The summed E-state index contributed by atoms with van der Waals surface area (Å²) in [5.41, 5.74) is 11.0. The van der Waals surface area contributed by atoms with Gasteiger partial charge in [0, 0.05) is 19.5 Å². The van der Waals surface area contributed by atoms with Crippen molar-refractivity contribution in [1.29, 1.82) is 0 Å². The number of hydrogen-bond donors (Lipinski definition) is 2. The lowest BCUT2D eigenvalue weighted by atomic mass is 9.93. The molecule has 5 nitrogen and oxygen atoms in total. The number of hydrogen-bond acceptors (Lipinski definition) is 2. The molecule has 1 aliphatic heterocycles. The van der Waals surface area contributed by atoms with Crippen LogP contribution >= 0.6 is 0 Å². The quantitative estimate of drug-likeness (QED) is 0.550. The molecule has 0 atom stereocenters. The Balaban J connectivity index is 2.47. The van der Waals surface area contributed by atoms with Crippen LogP contribution in [0.1, 0.15) is 40.0 Å². The van der Waals surface area contributed by atoms with E-state index in [1.54, 1.807) is 0 Å². The van der Waals surface area contributed by atoms with Gasteiger partial charge in [-0.25, -0.2) is 4.99 Å². The van der Waals surface area contributed by atoms with Crippen LogP contribution in [-0.4, -0.2) is 35.4 Å². The summed E-state index contributed by atoms with van der Waals surface area (Å²) in [7, 11) is 0. The number of carbonyl (C=O) groups excluding carboxylic acids is 1. The van der Waals surface area contributed by atoms with Crippen LogP contribution in [0.25, 0.3) is 0 Å². The Hall–Kier alpha value is -1.26. The Morgan fingerprint density at radius 2 is 1.82 bits per heavy atom. The maximum Gasteiger partial charge on any atom is 0.217 e. The van der Waals surface area contributed by atoms with Crippen LogP contribution in [0.15, 0.2) is 4.99 Å². The van der Waals surface area contributed by atoms with Crippen molar-refractivity contribution in [3.05, 3.63) is 0 Å². The molecule has 5 heteroatoms. The number of guanidine groups is 1.